The van der Waals surface area contributed by atoms with Gasteiger partial charge in [0.25, 0.3) is 29.0 Å². The Morgan fingerprint density at radius 2 is 1.79 bits per heavy atom. The normalized spacial score (nSPS) is 21.7. The SMILES string of the molecule is NCCCCCC(=O)NCC#Cc1cn([C@H]2C[C@H](O)[C@@H](COP(=O)([O-])OP(=O)([O-])OP(=O)([O-])O)O2)c(=O)[nH]c1=O.[Li+].[Li+].[Li+]. The molecule has 6 atom stereocenters. The number of amides is 1. The Bertz CT molecular complexity index is 1380. The van der Waals surface area contributed by atoms with Gasteiger partial charge in [0.2, 0.25) is 5.91 Å². The van der Waals surface area contributed by atoms with Crippen LogP contribution in [0.15, 0.2) is 15.8 Å². The van der Waals surface area contributed by atoms with E-state index >= 15 is 0 Å². The summed E-state index contributed by atoms with van der Waals surface area (Å²) in [5, 5.41) is 12.7. The number of nitrogens with zero attached hydrogens (tertiary/aromatic N) is 1. The standard InChI is InChI=1S/C18H29N4O15P3.3Li/c19-7-3-1-2-6-15(24)20-8-4-5-12-10-22(18(26)21-17(12)25)16-9-13(23)14(35-16)11-34-39(30,31)37-40(32,33)36-38(27,28)29;;;/h10,13-14,16,23H,1-3,6-9,11,19H2,(H,20,24)(H,30,31)(H,32,33)(H,21,25,26)(H2,27,28,29);;;/q;3*+1/p-3/t13-,14+,16+;;;/m0.../s1. The first-order valence-electron chi connectivity index (χ1n) is 11.4. The second-order valence-electron chi connectivity index (χ2n) is 8.14. The minimum absolute atomic E-state index is 0. The van der Waals surface area contributed by atoms with Gasteiger partial charge in [-0.1, -0.05) is 18.3 Å². The number of nitrogens with two attached hydrogens (primary N) is 1. The summed E-state index contributed by atoms with van der Waals surface area (Å²) in [6.45, 7) is -0.607. The maximum absolute atomic E-state index is 12.3. The van der Waals surface area contributed by atoms with E-state index in [-0.39, 0.29) is 87.4 Å². The van der Waals surface area contributed by atoms with Gasteiger partial charge >= 0.3 is 62.3 Å². The number of aliphatic hydroxyl groups excluding tert-OH is 1. The number of ether oxygens (including phenoxy) is 1. The van der Waals surface area contributed by atoms with Gasteiger partial charge in [-0.05, 0) is 19.4 Å². The van der Waals surface area contributed by atoms with Gasteiger partial charge in [0.05, 0.1) is 19.3 Å². The predicted octanol–water partition coefficient (Wildman–Crippen LogP) is -12.4. The first-order valence-corrected chi connectivity index (χ1v) is 15.8. The van der Waals surface area contributed by atoms with Crippen molar-refractivity contribution in [2.45, 2.75) is 50.5 Å². The number of carbonyl (C=O) groups excluding carboxylic acids is 1. The Hall–Kier alpha value is -0.208. The second kappa shape index (κ2) is 20.1. The number of aromatic amines is 1. The average Bonchev–Trinajstić information content (AvgIpc) is 3.17. The number of carbonyl (C=O) groups is 1. The largest absolute Gasteiger partial charge is 1.00 e. The van der Waals surface area contributed by atoms with Crippen LogP contribution in [0, 0.1) is 11.8 Å². The molecular formula is C18H26Li3N4O15P3. The van der Waals surface area contributed by atoms with Crippen LogP contribution in [-0.2, 0) is 36.4 Å². The first kappa shape index (κ1) is 44.9. The Morgan fingerprint density at radius 3 is 2.40 bits per heavy atom. The van der Waals surface area contributed by atoms with Crippen molar-refractivity contribution in [3.05, 3.63) is 32.6 Å². The van der Waals surface area contributed by atoms with E-state index in [1.54, 1.807) is 0 Å². The summed E-state index contributed by atoms with van der Waals surface area (Å²) >= 11 is 0. The zero-order valence-corrected chi connectivity index (χ0v) is 26.2. The number of H-pyrrole nitrogens is 1. The predicted molar refractivity (Wildman–Crippen MR) is 126 cm³/mol. The number of phosphoric acid groups is 3. The third kappa shape index (κ3) is 16.8. The number of hydrogen-bond acceptors (Lipinski definition) is 15. The van der Waals surface area contributed by atoms with Gasteiger partial charge in [-0.25, -0.2) is 13.4 Å². The number of unbranched alkanes of at least 4 members (excludes halogenated alkanes) is 2. The number of phosphoric ester groups is 1. The molecule has 43 heavy (non-hydrogen) atoms. The monoisotopic (exact) mass is 652 g/mol. The van der Waals surface area contributed by atoms with Gasteiger partial charge in [0, 0.05) is 19.0 Å². The van der Waals surface area contributed by atoms with E-state index in [1.807, 2.05) is 4.98 Å². The van der Waals surface area contributed by atoms with E-state index in [0.717, 1.165) is 23.6 Å². The zero-order chi connectivity index (χ0) is 30.1. The molecule has 3 unspecified atom stereocenters. The van der Waals surface area contributed by atoms with E-state index in [2.05, 4.69) is 30.3 Å². The second-order valence-corrected chi connectivity index (χ2v) is 12.4. The molecule has 0 aromatic carbocycles. The summed E-state index contributed by atoms with van der Waals surface area (Å²) in [5.41, 5.74) is 3.37. The molecule has 0 aliphatic carbocycles. The van der Waals surface area contributed by atoms with Crippen molar-refractivity contribution < 1.29 is 118 Å². The summed E-state index contributed by atoms with van der Waals surface area (Å²) in [6.07, 6.45) is -0.957. The number of aliphatic hydroxyl groups is 1. The average molecular weight is 652 g/mol. The quantitative estimate of drug-likeness (QED) is 0.0539. The molecule has 2 rings (SSSR count). The van der Waals surface area contributed by atoms with Crippen molar-refractivity contribution >= 4 is 29.4 Å². The fourth-order valence-corrected chi connectivity index (χ4v) is 6.15. The van der Waals surface area contributed by atoms with Crippen LogP contribution in [0.5, 0.6) is 0 Å². The van der Waals surface area contributed by atoms with Crippen molar-refractivity contribution in [2.24, 2.45) is 5.73 Å². The van der Waals surface area contributed by atoms with Gasteiger partial charge in [-0.2, -0.15) is 0 Å². The molecule has 2 heterocycles. The Balaban J connectivity index is 0. The molecule has 25 heteroatoms. The number of hydrogen-bond donors (Lipinski definition) is 5. The molecule has 1 amide bonds. The van der Waals surface area contributed by atoms with E-state index in [4.69, 9.17) is 15.4 Å². The van der Waals surface area contributed by atoms with Crippen LogP contribution in [0.3, 0.4) is 0 Å². The molecule has 19 nitrogen and oxygen atoms in total. The van der Waals surface area contributed by atoms with Crippen LogP contribution < -0.4 is 93.6 Å². The van der Waals surface area contributed by atoms with Gasteiger partial charge in [0.1, 0.15) is 17.9 Å². The Labute approximate surface area is 281 Å². The molecule has 1 aliphatic heterocycles. The van der Waals surface area contributed by atoms with Gasteiger partial charge in [0.15, 0.2) is 0 Å². The van der Waals surface area contributed by atoms with Crippen LogP contribution in [0.4, 0.5) is 0 Å². The summed E-state index contributed by atoms with van der Waals surface area (Å²) in [4.78, 5) is 80.0. The van der Waals surface area contributed by atoms with E-state index in [9.17, 15) is 47.9 Å². The van der Waals surface area contributed by atoms with Crippen molar-refractivity contribution in [2.75, 3.05) is 19.7 Å². The fraction of sp³-hybridized carbons (Fsp3) is 0.611. The summed E-state index contributed by atoms with van der Waals surface area (Å²) in [6, 6.07) is 0. The summed E-state index contributed by atoms with van der Waals surface area (Å²) in [5.74, 6) is 4.81. The Kier molecular flexibility index (Phi) is 21.0. The number of nitrogens with one attached hydrogen (secondary N) is 2. The van der Waals surface area contributed by atoms with E-state index in [0.29, 0.717) is 13.0 Å². The van der Waals surface area contributed by atoms with Gasteiger partial charge in [-0.3, -0.25) is 32.8 Å². The molecule has 1 aliphatic rings. The molecule has 1 fully saturated rings. The van der Waals surface area contributed by atoms with Crippen molar-refractivity contribution in [1.82, 2.24) is 14.9 Å². The molecule has 0 bridgehead atoms. The van der Waals surface area contributed by atoms with Gasteiger partial charge < -0.3 is 45.0 Å². The van der Waals surface area contributed by atoms with Crippen LogP contribution in [0.1, 0.15) is 43.9 Å². The van der Waals surface area contributed by atoms with Crippen molar-refractivity contribution in [3.8, 4) is 11.8 Å². The topological polar surface area (TPSA) is 308 Å². The molecule has 0 radical (unpaired) electrons. The van der Waals surface area contributed by atoms with Gasteiger partial charge in [-0.15, -0.1) is 0 Å². The van der Waals surface area contributed by atoms with E-state index < -0.39 is 59.8 Å². The minimum Gasteiger partial charge on any atom is -0.756 e. The molecule has 1 aromatic rings. The fourth-order valence-electron chi connectivity index (χ4n) is 3.25. The summed E-state index contributed by atoms with van der Waals surface area (Å²) in [7, 11) is -17.8. The number of rotatable bonds is 14. The van der Waals surface area contributed by atoms with E-state index in [1.165, 1.54) is 0 Å². The molecule has 6 N–H and O–H groups in total. The first-order chi connectivity index (χ1) is 18.5. The maximum atomic E-state index is 12.3. The van der Waals surface area contributed by atoms with Crippen molar-refractivity contribution in [3.63, 3.8) is 0 Å². The van der Waals surface area contributed by atoms with Crippen LogP contribution in [-0.4, -0.2) is 57.4 Å². The zero-order valence-electron chi connectivity index (χ0n) is 23.5. The summed E-state index contributed by atoms with van der Waals surface area (Å²) < 4.78 is 50.6. The molecule has 1 aromatic heterocycles. The molecular weight excluding hydrogens is 626 g/mol. The van der Waals surface area contributed by atoms with Crippen LogP contribution >= 0.6 is 23.5 Å². The smallest absolute Gasteiger partial charge is 0.756 e. The van der Waals surface area contributed by atoms with Crippen LogP contribution in [0.2, 0.25) is 0 Å². The maximum Gasteiger partial charge on any atom is 1.00 e. The molecule has 226 valence electrons. The van der Waals surface area contributed by atoms with Crippen LogP contribution in [0.25, 0.3) is 0 Å². The molecule has 1 saturated heterocycles. The third-order valence-corrected chi connectivity index (χ3v) is 8.68. The Morgan fingerprint density at radius 1 is 1.14 bits per heavy atom. The third-order valence-electron chi connectivity index (χ3n) is 4.99. The minimum atomic E-state index is -6.11. The molecule has 0 saturated carbocycles. The molecule has 0 spiro atoms. The van der Waals surface area contributed by atoms with Crippen molar-refractivity contribution in [1.29, 1.82) is 0 Å². The number of aromatic nitrogens is 2.